The summed E-state index contributed by atoms with van der Waals surface area (Å²) in [6.07, 6.45) is 4.19. The third kappa shape index (κ3) is 2.91. The Hall–Kier alpha value is -1.23. The quantitative estimate of drug-likeness (QED) is 0.877. The van der Waals surface area contributed by atoms with E-state index in [2.05, 4.69) is 15.3 Å². The van der Waals surface area contributed by atoms with Crippen molar-refractivity contribution in [2.24, 2.45) is 0 Å². The number of aromatic nitrogens is 2. The highest BCUT2D eigenvalue weighted by atomic mass is 19.1. The Bertz CT molecular complexity index is 392. The molecular formula is C12H18FN3O. The van der Waals surface area contributed by atoms with Crippen LogP contribution >= 0.6 is 0 Å². The number of hydrogen-bond donors (Lipinski definition) is 1. The molecule has 1 aliphatic heterocycles. The summed E-state index contributed by atoms with van der Waals surface area (Å²) in [5.41, 5.74) is 0.384. The van der Waals surface area contributed by atoms with Gasteiger partial charge in [0.05, 0.1) is 11.8 Å². The van der Waals surface area contributed by atoms with Crippen molar-refractivity contribution >= 4 is 5.82 Å². The zero-order chi connectivity index (χ0) is 12.3. The van der Waals surface area contributed by atoms with E-state index in [9.17, 15) is 4.39 Å². The van der Waals surface area contributed by atoms with Crippen LogP contribution in [0, 0.1) is 12.7 Å². The van der Waals surface area contributed by atoms with Gasteiger partial charge in [0.1, 0.15) is 5.82 Å². The minimum atomic E-state index is -0.374. The van der Waals surface area contributed by atoms with E-state index in [1.165, 1.54) is 6.42 Å². The van der Waals surface area contributed by atoms with Gasteiger partial charge in [-0.05, 0) is 26.2 Å². The van der Waals surface area contributed by atoms with Gasteiger partial charge < -0.3 is 10.1 Å². The lowest BCUT2D eigenvalue weighted by atomic mass is 10.1. The van der Waals surface area contributed by atoms with E-state index < -0.39 is 0 Å². The first-order valence-electron chi connectivity index (χ1n) is 6.03. The standard InChI is InChI=1S/C12H18FN3O/c1-8-11(13)12(14-2)16-10(15-8)7-9-5-3-4-6-17-9/h9H,3-7H2,1-2H3,(H,14,15,16). The second-order valence-corrected chi connectivity index (χ2v) is 4.33. The molecule has 1 atom stereocenters. The van der Waals surface area contributed by atoms with E-state index in [0.717, 1.165) is 19.4 Å². The van der Waals surface area contributed by atoms with Crippen LogP contribution in [0.25, 0.3) is 0 Å². The lowest BCUT2D eigenvalue weighted by Gasteiger charge is -2.22. The first-order valence-corrected chi connectivity index (χ1v) is 6.03. The number of nitrogens with zero attached hydrogens (tertiary/aromatic N) is 2. The molecule has 1 aromatic heterocycles. The summed E-state index contributed by atoms with van der Waals surface area (Å²) in [4.78, 5) is 8.34. The van der Waals surface area contributed by atoms with Gasteiger partial charge in [0, 0.05) is 20.1 Å². The normalized spacial score (nSPS) is 20.3. The number of aryl methyl sites for hydroxylation is 1. The fourth-order valence-electron chi connectivity index (χ4n) is 2.05. The van der Waals surface area contributed by atoms with Gasteiger partial charge in [-0.3, -0.25) is 0 Å². The van der Waals surface area contributed by atoms with Gasteiger partial charge in [-0.25, -0.2) is 14.4 Å². The van der Waals surface area contributed by atoms with Crippen molar-refractivity contribution in [1.82, 2.24) is 9.97 Å². The predicted molar refractivity (Wildman–Crippen MR) is 63.6 cm³/mol. The van der Waals surface area contributed by atoms with Crippen LogP contribution in [0.1, 0.15) is 30.8 Å². The number of rotatable bonds is 3. The van der Waals surface area contributed by atoms with E-state index in [-0.39, 0.29) is 17.7 Å². The van der Waals surface area contributed by atoms with E-state index >= 15 is 0 Å². The number of nitrogens with one attached hydrogen (secondary N) is 1. The molecule has 94 valence electrons. The summed E-state index contributed by atoms with van der Waals surface area (Å²) in [5, 5.41) is 2.75. The zero-order valence-electron chi connectivity index (χ0n) is 10.3. The zero-order valence-corrected chi connectivity index (χ0v) is 10.3. The molecule has 2 rings (SSSR count). The van der Waals surface area contributed by atoms with E-state index in [0.29, 0.717) is 17.9 Å². The van der Waals surface area contributed by atoms with Crippen molar-refractivity contribution in [1.29, 1.82) is 0 Å². The summed E-state index contributed by atoms with van der Waals surface area (Å²) in [6.45, 7) is 2.47. The first-order chi connectivity index (χ1) is 8.20. The maximum atomic E-state index is 13.5. The average molecular weight is 239 g/mol. The Morgan fingerprint density at radius 2 is 2.24 bits per heavy atom. The lowest BCUT2D eigenvalue weighted by Crippen LogP contribution is -2.23. The molecule has 1 N–H and O–H groups in total. The fourth-order valence-corrected chi connectivity index (χ4v) is 2.05. The second-order valence-electron chi connectivity index (χ2n) is 4.33. The molecule has 1 fully saturated rings. The molecule has 1 saturated heterocycles. The summed E-state index contributed by atoms with van der Waals surface area (Å²) in [7, 11) is 1.66. The van der Waals surface area contributed by atoms with Gasteiger partial charge in [0.15, 0.2) is 11.6 Å². The highest BCUT2D eigenvalue weighted by Crippen LogP contribution is 2.18. The van der Waals surface area contributed by atoms with Crippen molar-refractivity contribution < 1.29 is 9.13 Å². The molecule has 4 nitrogen and oxygen atoms in total. The molecule has 0 aromatic carbocycles. The molecular weight excluding hydrogens is 221 g/mol. The van der Waals surface area contributed by atoms with Gasteiger partial charge in [-0.15, -0.1) is 0 Å². The average Bonchev–Trinajstić information content (AvgIpc) is 2.35. The largest absolute Gasteiger partial charge is 0.378 e. The minimum Gasteiger partial charge on any atom is -0.378 e. The van der Waals surface area contributed by atoms with Crippen LogP contribution in [0.4, 0.5) is 10.2 Å². The van der Waals surface area contributed by atoms with Crippen LogP contribution in [-0.2, 0) is 11.2 Å². The molecule has 17 heavy (non-hydrogen) atoms. The molecule has 0 radical (unpaired) electrons. The Morgan fingerprint density at radius 1 is 1.41 bits per heavy atom. The van der Waals surface area contributed by atoms with Crippen LogP contribution in [0.15, 0.2) is 0 Å². The highest BCUT2D eigenvalue weighted by molar-refractivity contribution is 5.37. The Morgan fingerprint density at radius 3 is 2.88 bits per heavy atom. The van der Waals surface area contributed by atoms with Gasteiger partial charge >= 0.3 is 0 Å². The monoisotopic (exact) mass is 239 g/mol. The molecule has 0 amide bonds. The van der Waals surface area contributed by atoms with Crippen LogP contribution in [0.2, 0.25) is 0 Å². The summed E-state index contributed by atoms with van der Waals surface area (Å²) in [5.74, 6) is 0.546. The lowest BCUT2D eigenvalue weighted by molar-refractivity contribution is 0.0156. The van der Waals surface area contributed by atoms with Crippen LogP contribution < -0.4 is 5.32 Å². The maximum Gasteiger partial charge on any atom is 0.186 e. The topological polar surface area (TPSA) is 47.0 Å². The molecule has 1 aliphatic rings. The van der Waals surface area contributed by atoms with Gasteiger partial charge in [0.25, 0.3) is 0 Å². The SMILES string of the molecule is CNc1nc(CC2CCCCO2)nc(C)c1F. The number of halogens is 1. The van der Waals surface area contributed by atoms with Crippen LogP contribution in [0.3, 0.4) is 0 Å². The van der Waals surface area contributed by atoms with Gasteiger partial charge in [-0.1, -0.05) is 0 Å². The minimum absolute atomic E-state index is 0.179. The summed E-state index contributed by atoms with van der Waals surface area (Å²) >= 11 is 0. The summed E-state index contributed by atoms with van der Waals surface area (Å²) < 4.78 is 19.2. The Balaban J connectivity index is 2.12. The van der Waals surface area contributed by atoms with E-state index in [1.807, 2.05) is 0 Å². The highest BCUT2D eigenvalue weighted by Gasteiger charge is 2.17. The molecule has 2 heterocycles. The van der Waals surface area contributed by atoms with Gasteiger partial charge in [-0.2, -0.15) is 0 Å². The van der Waals surface area contributed by atoms with Crippen molar-refractivity contribution in [2.75, 3.05) is 19.0 Å². The van der Waals surface area contributed by atoms with Crippen molar-refractivity contribution in [3.8, 4) is 0 Å². The van der Waals surface area contributed by atoms with Gasteiger partial charge in [0.2, 0.25) is 0 Å². The molecule has 0 saturated carbocycles. The molecule has 1 aromatic rings. The predicted octanol–water partition coefficient (Wildman–Crippen LogP) is 2.08. The first kappa shape index (κ1) is 12.2. The second kappa shape index (κ2) is 5.40. The third-order valence-corrected chi connectivity index (χ3v) is 2.98. The van der Waals surface area contributed by atoms with Crippen molar-refractivity contribution in [3.05, 3.63) is 17.3 Å². The summed E-state index contributed by atoms with van der Waals surface area (Å²) in [6, 6.07) is 0. The number of hydrogen-bond acceptors (Lipinski definition) is 4. The number of anilines is 1. The van der Waals surface area contributed by atoms with Crippen LogP contribution in [0.5, 0.6) is 0 Å². The Labute approximate surface area is 101 Å². The Kier molecular flexibility index (Phi) is 3.89. The molecule has 0 bridgehead atoms. The fraction of sp³-hybridized carbons (Fsp3) is 0.667. The third-order valence-electron chi connectivity index (χ3n) is 2.98. The van der Waals surface area contributed by atoms with Crippen molar-refractivity contribution in [3.63, 3.8) is 0 Å². The number of ether oxygens (including phenoxy) is 1. The van der Waals surface area contributed by atoms with Crippen LogP contribution in [-0.4, -0.2) is 29.7 Å². The molecule has 1 unspecified atom stereocenters. The molecule has 5 heteroatoms. The van der Waals surface area contributed by atoms with Crippen molar-refractivity contribution in [2.45, 2.75) is 38.7 Å². The van der Waals surface area contributed by atoms with E-state index in [1.54, 1.807) is 14.0 Å². The maximum absolute atomic E-state index is 13.5. The molecule has 0 spiro atoms. The smallest absolute Gasteiger partial charge is 0.186 e. The molecule has 0 aliphatic carbocycles. The van der Waals surface area contributed by atoms with E-state index in [4.69, 9.17) is 4.74 Å².